The number of Topliss-reactive ketones (excluding diaryl/α,β-unsaturated/α-hetero) is 1. The SMILES string of the molecule is O=C(c1ccco1)C(CO)CCCO. The zero-order valence-electron chi connectivity index (χ0n) is 7.85. The summed E-state index contributed by atoms with van der Waals surface area (Å²) in [5.41, 5.74) is 0. The van der Waals surface area contributed by atoms with E-state index >= 15 is 0 Å². The van der Waals surface area contributed by atoms with Gasteiger partial charge in [0, 0.05) is 12.5 Å². The van der Waals surface area contributed by atoms with Crippen LogP contribution in [0.2, 0.25) is 0 Å². The molecule has 78 valence electrons. The van der Waals surface area contributed by atoms with Gasteiger partial charge >= 0.3 is 0 Å². The highest BCUT2D eigenvalue weighted by Crippen LogP contribution is 2.14. The van der Waals surface area contributed by atoms with Gasteiger partial charge in [0.25, 0.3) is 0 Å². The summed E-state index contributed by atoms with van der Waals surface area (Å²) in [6, 6.07) is 3.21. The van der Waals surface area contributed by atoms with Gasteiger partial charge in [-0.05, 0) is 25.0 Å². The van der Waals surface area contributed by atoms with Crippen LogP contribution in [0.5, 0.6) is 0 Å². The molecular formula is C10H14O4. The van der Waals surface area contributed by atoms with Crippen molar-refractivity contribution in [2.75, 3.05) is 13.2 Å². The highest BCUT2D eigenvalue weighted by atomic mass is 16.3. The molecule has 0 fully saturated rings. The van der Waals surface area contributed by atoms with E-state index in [9.17, 15) is 4.79 Å². The highest BCUT2D eigenvalue weighted by Gasteiger charge is 2.20. The Bertz CT molecular complexity index is 266. The van der Waals surface area contributed by atoms with E-state index in [1.54, 1.807) is 12.1 Å². The van der Waals surface area contributed by atoms with Gasteiger partial charge in [-0.2, -0.15) is 0 Å². The van der Waals surface area contributed by atoms with Crippen molar-refractivity contribution in [2.24, 2.45) is 5.92 Å². The summed E-state index contributed by atoms with van der Waals surface area (Å²) < 4.78 is 4.93. The second-order valence-corrected chi connectivity index (χ2v) is 3.09. The first kappa shape index (κ1) is 10.9. The molecule has 1 unspecified atom stereocenters. The van der Waals surface area contributed by atoms with Crippen molar-refractivity contribution in [1.29, 1.82) is 0 Å². The Hall–Kier alpha value is -1.13. The molecule has 0 aliphatic heterocycles. The van der Waals surface area contributed by atoms with E-state index in [4.69, 9.17) is 14.6 Å². The lowest BCUT2D eigenvalue weighted by Crippen LogP contribution is -2.18. The second kappa shape index (κ2) is 5.57. The van der Waals surface area contributed by atoms with E-state index in [0.29, 0.717) is 12.8 Å². The third-order valence-corrected chi connectivity index (χ3v) is 2.07. The molecule has 4 heteroatoms. The molecule has 1 aromatic heterocycles. The van der Waals surface area contributed by atoms with Crippen LogP contribution >= 0.6 is 0 Å². The van der Waals surface area contributed by atoms with Crippen LogP contribution < -0.4 is 0 Å². The van der Waals surface area contributed by atoms with Crippen LogP contribution in [0.3, 0.4) is 0 Å². The maximum Gasteiger partial charge on any atom is 0.203 e. The van der Waals surface area contributed by atoms with Gasteiger partial charge in [0.1, 0.15) is 0 Å². The molecule has 1 atom stereocenters. The highest BCUT2D eigenvalue weighted by molar-refractivity contribution is 5.95. The number of carbonyl (C=O) groups is 1. The average Bonchev–Trinajstić information content (AvgIpc) is 2.71. The lowest BCUT2D eigenvalue weighted by molar-refractivity contribution is 0.0813. The maximum absolute atomic E-state index is 11.6. The summed E-state index contributed by atoms with van der Waals surface area (Å²) in [5.74, 6) is -0.402. The molecule has 1 aromatic rings. The fourth-order valence-electron chi connectivity index (χ4n) is 1.26. The third kappa shape index (κ3) is 2.68. The summed E-state index contributed by atoms with van der Waals surface area (Å²) in [5, 5.41) is 17.6. The molecule has 0 radical (unpaired) electrons. The van der Waals surface area contributed by atoms with Crippen molar-refractivity contribution in [3.05, 3.63) is 24.2 Å². The van der Waals surface area contributed by atoms with Crippen molar-refractivity contribution >= 4 is 5.78 Å². The van der Waals surface area contributed by atoms with Crippen LogP contribution in [0, 0.1) is 5.92 Å². The van der Waals surface area contributed by atoms with Gasteiger partial charge in [-0.3, -0.25) is 4.79 Å². The zero-order valence-corrected chi connectivity index (χ0v) is 7.85. The number of ketones is 1. The number of furan rings is 1. The maximum atomic E-state index is 11.6. The summed E-state index contributed by atoms with van der Waals surface area (Å²) in [6.45, 7) is -0.179. The first-order valence-corrected chi connectivity index (χ1v) is 4.59. The van der Waals surface area contributed by atoms with Crippen molar-refractivity contribution in [1.82, 2.24) is 0 Å². The van der Waals surface area contributed by atoms with Gasteiger partial charge in [-0.15, -0.1) is 0 Å². The Morgan fingerprint density at radius 2 is 2.29 bits per heavy atom. The smallest absolute Gasteiger partial charge is 0.203 e. The number of hydrogen-bond acceptors (Lipinski definition) is 4. The molecule has 1 heterocycles. The van der Waals surface area contributed by atoms with Gasteiger partial charge in [-0.25, -0.2) is 0 Å². The Morgan fingerprint density at radius 3 is 2.79 bits per heavy atom. The molecule has 1 rings (SSSR count). The van der Waals surface area contributed by atoms with E-state index in [-0.39, 0.29) is 24.8 Å². The quantitative estimate of drug-likeness (QED) is 0.664. The molecular weight excluding hydrogens is 184 g/mol. The third-order valence-electron chi connectivity index (χ3n) is 2.07. The molecule has 0 aromatic carbocycles. The molecule has 0 spiro atoms. The fourth-order valence-corrected chi connectivity index (χ4v) is 1.26. The zero-order chi connectivity index (χ0) is 10.4. The Labute approximate surface area is 82.2 Å². The molecule has 0 aliphatic carbocycles. The van der Waals surface area contributed by atoms with Crippen molar-refractivity contribution in [3.63, 3.8) is 0 Å². The van der Waals surface area contributed by atoms with Gasteiger partial charge in [-0.1, -0.05) is 0 Å². The minimum atomic E-state index is -0.465. The Balaban J connectivity index is 2.56. The molecule has 4 nitrogen and oxygen atoms in total. The standard InChI is InChI=1S/C10H14O4/c11-5-1-3-8(7-12)10(13)9-4-2-6-14-9/h2,4,6,8,11-12H,1,3,5,7H2. The predicted molar refractivity (Wildman–Crippen MR) is 49.9 cm³/mol. The number of carbonyl (C=O) groups excluding carboxylic acids is 1. The van der Waals surface area contributed by atoms with Crippen molar-refractivity contribution in [2.45, 2.75) is 12.8 Å². The van der Waals surface area contributed by atoms with Crippen LogP contribution in [0.15, 0.2) is 22.8 Å². The Kier molecular flexibility index (Phi) is 4.35. The van der Waals surface area contributed by atoms with Gasteiger partial charge in [0.15, 0.2) is 5.76 Å². The fraction of sp³-hybridized carbons (Fsp3) is 0.500. The molecule has 2 N–H and O–H groups in total. The minimum Gasteiger partial charge on any atom is -0.461 e. The summed E-state index contributed by atoms with van der Waals surface area (Å²) in [6.07, 6.45) is 2.41. The van der Waals surface area contributed by atoms with Gasteiger partial charge < -0.3 is 14.6 Å². The lowest BCUT2D eigenvalue weighted by Gasteiger charge is -2.09. The lowest BCUT2D eigenvalue weighted by atomic mass is 9.98. The first-order chi connectivity index (χ1) is 6.79. The van der Waals surface area contributed by atoms with Crippen LogP contribution in [-0.2, 0) is 0 Å². The molecule has 0 aliphatic rings. The molecule has 0 amide bonds. The molecule has 0 saturated heterocycles. The summed E-state index contributed by atoms with van der Waals surface area (Å²) in [7, 11) is 0. The van der Waals surface area contributed by atoms with E-state index in [1.165, 1.54) is 6.26 Å². The second-order valence-electron chi connectivity index (χ2n) is 3.09. The number of aliphatic hydroxyl groups excluding tert-OH is 2. The first-order valence-electron chi connectivity index (χ1n) is 4.59. The minimum absolute atomic E-state index is 0.0297. The summed E-state index contributed by atoms with van der Waals surface area (Å²) >= 11 is 0. The van der Waals surface area contributed by atoms with Crippen LogP contribution in [0.4, 0.5) is 0 Å². The topological polar surface area (TPSA) is 70.7 Å². The monoisotopic (exact) mass is 198 g/mol. The largest absolute Gasteiger partial charge is 0.461 e. The predicted octanol–water partition coefficient (Wildman–Crippen LogP) is 0.843. The van der Waals surface area contributed by atoms with Crippen molar-refractivity contribution < 1.29 is 19.4 Å². The molecule has 14 heavy (non-hydrogen) atoms. The van der Waals surface area contributed by atoms with E-state index in [2.05, 4.69) is 0 Å². The van der Waals surface area contributed by atoms with Crippen LogP contribution in [0.25, 0.3) is 0 Å². The van der Waals surface area contributed by atoms with E-state index < -0.39 is 5.92 Å². The Morgan fingerprint density at radius 1 is 1.50 bits per heavy atom. The van der Waals surface area contributed by atoms with Crippen LogP contribution in [0.1, 0.15) is 23.4 Å². The molecule has 0 bridgehead atoms. The molecule has 0 saturated carbocycles. The number of aliphatic hydroxyl groups is 2. The van der Waals surface area contributed by atoms with Crippen molar-refractivity contribution in [3.8, 4) is 0 Å². The van der Waals surface area contributed by atoms with Gasteiger partial charge in [0.2, 0.25) is 5.78 Å². The normalized spacial score (nSPS) is 12.7. The summed E-state index contributed by atoms with van der Waals surface area (Å²) in [4.78, 5) is 11.6. The van der Waals surface area contributed by atoms with Gasteiger partial charge in [0.05, 0.1) is 12.9 Å². The average molecular weight is 198 g/mol. The van der Waals surface area contributed by atoms with E-state index in [1.807, 2.05) is 0 Å². The number of hydrogen-bond donors (Lipinski definition) is 2. The van der Waals surface area contributed by atoms with E-state index in [0.717, 1.165) is 0 Å². The van der Waals surface area contributed by atoms with Crippen LogP contribution in [-0.4, -0.2) is 29.2 Å². The number of rotatable bonds is 6.